The van der Waals surface area contributed by atoms with Crippen LogP contribution >= 0.6 is 0 Å². The first-order chi connectivity index (χ1) is 10.9. The van der Waals surface area contributed by atoms with Crippen molar-refractivity contribution in [3.8, 4) is 0 Å². The van der Waals surface area contributed by atoms with Crippen LogP contribution in [0, 0.1) is 13.8 Å². The van der Waals surface area contributed by atoms with Crippen LogP contribution in [-0.4, -0.2) is 28.8 Å². The molecule has 0 aromatic carbocycles. The molecule has 23 heavy (non-hydrogen) atoms. The van der Waals surface area contributed by atoms with Crippen molar-refractivity contribution in [2.24, 2.45) is 7.05 Å². The van der Waals surface area contributed by atoms with E-state index >= 15 is 0 Å². The first-order valence-electron chi connectivity index (χ1n) is 6.94. The second kappa shape index (κ2) is 6.95. The molecule has 122 valence electrons. The van der Waals surface area contributed by atoms with Crippen LogP contribution in [0.5, 0.6) is 0 Å². The number of aryl methyl sites for hydroxylation is 2. The largest absolute Gasteiger partial charge is 0.463 e. The minimum atomic E-state index is -0.579. The molecule has 2 aromatic heterocycles. The third-order valence-electron chi connectivity index (χ3n) is 3.36. The molecule has 0 bridgehead atoms. The third-order valence-corrected chi connectivity index (χ3v) is 3.36. The Hall–Kier alpha value is -2.83. The Bertz CT molecular complexity index is 755. The van der Waals surface area contributed by atoms with Crippen LogP contribution in [0.25, 0.3) is 6.08 Å². The molecule has 0 fully saturated rings. The van der Waals surface area contributed by atoms with Crippen LogP contribution in [0.2, 0.25) is 0 Å². The minimum Gasteiger partial charge on any atom is -0.463 e. The number of esters is 2. The van der Waals surface area contributed by atoms with E-state index in [2.05, 4.69) is 9.84 Å². The van der Waals surface area contributed by atoms with Gasteiger partial charge in [-0.1, -0.05) is 0 Å². The number of ether oxygens (including phenoxy) is 2. The summed E-state index contributed by atoms with van der Waals surface area (Å²) in [7, 11) is 3.10. The minimum absolute atomic E-state index is 0.0643. The molecule has 2 rings (SSSR count). The molecule has 0 atom stereocenters. The number of aromatic nitrogens is 2. The van der Waals surface area contributed by atoms with Gasteiger partial charge < -0.3 is 13.9 Å². The van der Waals surface area contributed by atoms with Crippen LogP contribution < -0.4 is 0 Å². The number of hydrogen-bond donors (Lipinski definition) is 0. The monoisotopic (exact) mass is 318 g/mol. The number of nitrogens with zero attached hydrogens (tertiary/aromatic N) is 2. The molecular weight excluding hydrogens is 300 g/mol. The summed E-state index contributed by atoms with van der Waals surface area (Å²) in [4.78, 5) is 23.0. The predicted molar refractivity (Wildman–Crippen MR) is 81.6 cm³/mol. The average molecular weight is 318 g/mol. The molecule has 0 N–H and O–H groups in total. The Labute approximate surface area is 133 Å². The predicted octanol–water partition coefficient (Wildman–Crippen LogP) is 2.17. The van der Waals surface area contributed by atoms with Gasteiger partial charge in [-0.3, -0.25) is 4.68 Å². The third kappa shape index (κ3) is 3.88. The lowest BCUT2D eigenvalue weighted by molar-refractivity contribution is -0.139. The highest BCUT2D eigenvalue weighted by molar-refractivity contribution is 5.87. The van der Waals surface area contributed by atoms with E-state index in [1.807, 2.05) is 20.9 Å². The lowest BCUT2D eigenvalue weighted by Crippen LogP contribution is -2.01. The molecular formula is C16H18N2O5. The van der Waals surface area contributed by atoms with Gasteiger partial charge in [-0.15, -0.1) is 0 Å². The summed E-state index contributed by atoms with van der Waals surface area (Å²) in [6, 6.07) is 3.02. The normalized spacial score (nSPS) is 11.0. The Morgan fingerprint density at radius 2 is 2.09 bits per heavy atom. The Balaban J connectivity index is 1.93. The Morgan fingerprint density at radius 3 is 2.70 bits per heavy atom. The molecule has 0 aliphatic heterocycles. The zero-order valence-electron chi connectivity index (χ0n) is 13.5. The summed E-state index contributed by atoms with van der Waals surface area (Å²) in [5.74, 6) is -0.662. The van der Waals surface area contributed by atoms with Crippen LogP contribution in [-0.2, 0) is 27.9 Å². The van der Waals surface area contributed by atoms with Gasteiger partial charge in [0, 0.05) is 24.4 Å². The number of furan rings is 1. The van der Waals surface area contributed by atoms with Crippen molar-refractivity contribution in [2.75, 3.05) is 7.11 Å². The van der Waals surface area contributed by atoms with Gasteiger partial charge in [-0.25, -0.2) is 9.59 Å². The van der Waals surface area contributed by atoms with Crippen molar-refractivity contribution in [1.29, 1.82) is 0 Å². The molecule has 0 amide bonds. The molecule has 0 aliphatic carbocycles. The van der Waals surface area contributed by atoms with Gasteiger partial charge in [-0.2, -0.15) is 5.10 Å². The first-order valence-corrected chi connectivity index (χ1v) is 6.94. The highest BCUT2D eigenvalue weighted by Gasteiger charge is 2.12. The SMILES string of the molecule is COC(=O)c1ccc(COC(=O)/C=C/c2c(C)nn(C)c2C)o1. The van der Waals surface area contributed by atoms with Gasteiger partial charge in [0.15, 0.2) is 0 Å². The van der Waals surface area contributed by atoms with Gasteiger partial charge in [0.05, 0.1) is 12.8 Å². The van der Waals surface area contributed by atoms with Crippen molar-refractivity contribution in [3.63, 3.8) is 0 Å². The fourth-order valence-corrected chi connectivity index (χ4v) is 2.04. The molecule has 7 nitrogen and oxygen atoms in total. The highest BCUT2D eigenvalue weighted by Crippen LogP contribution is 2.14. The van der Waals surface area contributed by atoms with Crippen molar-refractivity contribution in [2.45, 2.75) is 20.5 Å². The quantitative estimate of drug-likeness (QED) is 0.620. The highest BCUT2D eigenvalue weighted by atomic mass is 16.5. The van der Waals surface area contributed by atoms with Crippen LogP contribution in [0.15, 0.2) is 22.6 Å². The maximum Gasteiger partial charge on any atom is 0.373 e. The smallest absolute Gasteiger partial charge is 0.373 e. The van der Waals surface area contributed by atoms with Gasteiger partial charge in [0.25, 0.3) is 0 Å². The van der Waals surface area contributed by atoms with Gasteiger partial charge in [-0.05, 0) is 32.1 Å². The summed E-state index contributed by atoms with van der Waals surface area (Å²) in [6.45, 7) is 3.72. The molecule has 2 aromatic rings. The summed E-state index contributed by atoms with van der Waals surface area (Å²) < 4.78 is 16.5. The Kier molecular flexibility index (Phi) is 5.00. The summed E-state index contributed by atoms with van der Waals surface area (Å²) >= 11 is 0. The average Bonchev–Trinajstić information content (AvgIpc) is 3.09. The van der Waals surface area contributed by atoms with E-state index in [0.717, 1.165) is 17.0 Å². The summed E-state index contributed by atoms with van der Waals surface area (Å²) in [5.41, 5.74) is 2.68. The molecule has 0 radical (unpaired) electrons. The van der Waals surface area contributed by atoms with E-state index in [1.54, 1.807) is 16.8 Å². The fourth-order valence-electron chi connectivity index (χ4n) is 2.04. The summed E-state index contributed by atoms with van der Waals surface area (Å²) in [5, 5.41) is 4.26. The fraction of sp³-hybridized carbons (Fsp3) is 0.312. The molecule has 0 saturated carbocycles. The van der Waals surface area contributed by atoms with E-state index in [4.69, 9.17) is 9.15 Å². The van der Waals surface area contributed by atoms with E-state index in [0.29, 0.717) is 5.76 Å². The second-order valence-electron chi connectivity index (χ2n) is 4.91. The van der Waals surface area contributed by atoms with Crippen molar-refractivity contribution < 1.29 is 23.5 Å². The summed E-state index contributed by atoms with van der Waals surface area (Å²) in [6.07, 6.45) is 3.00. The van der Waals surface area contributed by atoms with Crippen molar-refractivity contribution in [1.82, 2.24) is 9.78 Å². The lowest BCUT2D eigenvalue weighted by Gasteiger charge is -1.99. The van der Waals surface area contributed by atoms with Gasteiger partial charge in [0.2, 0.25) is 5.76 Å². The Morgan fingerprint density at radius 1 is 1.35 bits per heavy atom. The lowest BCUT2D eigenvalue weighted by atomic mass is 10.2. The molecule has 2 heterocycles. The van der Waals surface area contributed by atoms with Gasteiger partial charge in [0.1, 0.15) is 12.4 Å². The van der Waals surface area contributed by atoms with Crippen molar-refractivity contribution in [3.05, 3.63) is 46.7 Å². The van der Waals surface area contributed by atoms with Gasteiger partial charge >= 0.3 is 11.9 Å². The second-order valence-corrected chi connectivity index (χ2v) is 4.91. The van der Waals surface area contributed by atoms with E-state index in [-0.39, 0.29) is 12.4 Å². The molecule has 0 aliphatic rings. The van der Waals surface area contributed by atoms with Crippen molar-refractivity contribution >= 4 is 18.0 Å². The molecule has 0 unspecified atom stereocenters. The number of carbonyl (C=O) groups is 2. The molecule has 0 saturated heterocycles. The van der Waals surface area contributed by atoms with E-state index in [1.165, 1.54) is 19.3 Å². The zero-order chi connectivity index (χ0) is 17.0. The number of rotatable bonds is 5. The first kappa shape index (κ1) is 16.5. The zero-order valence-corrected chi connectivity index (χ0v) is 13.5. The van der Waals surface area contributed by atoms with Crippen LogP contribution in [0.4, 0.5) is 0 Å². The molecule has 7 heteroatoms. The molecule has 0 spiro atoms. The van der Waals surface area contributed by atoms with E-state index in [9.17, 15) is 9.59 Å². The van der Waals surface area contributed by atoms with Crippen LogP contribution in [0.3, 0.4) is 0 Å². The maximum absolute atomic E-state index is 11.7. The topological polar surface area (TPSA) is 83.6 Å². The number of hydrogen-bond acceptors (Lipinski definition) is 6. The number of carbonyl (C=O) groups excluding carboxylic acids is 2. The standard InChI is InChI=1S/C16H18N2O5/c1-10-13(11(2)18(3)17-10)6-8-15(19)22-9-12-5-7-14(23-12)16(20)21-4/h5-8H,9H2,1-4H3/b8-6+. The van der Waals surface area contributed by atoms with Crippen LogP contribution in [0.1, 0.15) is 33.3 Å². The number of methoxy groups -OCH3 is 1. The maximum atomic E-state index is 11.7. The van der Waals surface area contributed by atoms with E-state index < -0.39 is 11.9 Å².